The van der Waals surface area contributed by atoms with Crippen LogP contribution in [0.25, 0.3) is 0 Å². The van der Waals surface area contributed by atoms with Gasteiger partial charge in [0.2, 0.25) is 0 Å². The van der Waals surface area contributed by atoms with Gasteiger partial charge in [0.05, 0.1) is 0 Å². The Labute approximate surface area is 140 Å². The molecule has 5 atom stereocenters. The van der Waals surface area contributed by atoms with E-state index >= 15 is 0 Å². The smallest absolute Gasteiger partial charge is 0.0474 e. The molecule has 3 nitrogen and oxygen atoms in total. The Kier molecular flexibility index (Phi) is 4.70. The van der Waals surface area contributed by atoms with Crippen molar-refractivity contribution in [2.24, 2.45) is 17.8 Å². The van der Waals surface area contributed by atoms with Gasteiger partial charge in [-0.3, -0.25) is 4.90 Å². The molecule has 1 aliphatic heterocycles. The number of aliphatic hydroxyl groups is 1. The molecule has 0 amide bonds. The molecule has 0 aromatic heterocycles. The molecular formula is C20H30N2O. The van der Waals surface area contributed by atoms with Crippen LogP contribution in [0.2, 0.25) is 0 Å². The molecule has 0 bridgehead atoms. The first-order valence-corrected chi connectivity index (χ1v) is 9.46. The number of nitrogens with zero attached hydrogens (tertiary/aromatic N) is 1. The van der Waals surface area contributed by atoms with E-state index in [1.165, 1.54) is 50.8 Å². The Morgan fingerprint density at radius 1 is 1.00 bits per heavy atom. The monoisotopic (exact) mass is 314 g/mol. The average molecular weight is 314 g/mol. The second-order valence-electron chi connectivity index (χ2n) is 7.93. The van der Waals surface area contributed by atoms with Gasteiger partial charge in [0.25, 0.3) is 0 Å². The fraction of sp³-hybridized carbons (Fsp3) is 0.700. The van der Waals surface area contributed by atoms with Gasteiger partial charge >= 0.3 is 0 Å². The molecule has 3 heteroatoms. The maximum Gasteiger partial charge on any atom is 0.0474 e. The summed E-state index contributed by atoms with van der Waals surface area (Å²) in [5.41, 5.74) is 1.44. The number of aliphatic hydroxyl groups excluding tert-OH is 1. The van der Waals surface area contributed by atoms with E-state index < -0.39 is 0 Å². The molecule has 2 aliphatic carbocycles. The van der Waals surface area contributed by atoms with Crippen molar-refractivity contribution in [2.75, 3.05) is 19.7 Å². The lowest BCUT2D eigenvalue weighted by Crippen LogP contribution is -2.44. The molecule has 1 aromatic rings. The van der Waals surface area contributed by atoms with Crippen LogP contribution in [0.5, 0.6) is 0 Å². The summed E-state index contributed by atoms with van der Waals surface area (Å²) in [6, 6.07) is 12.1. The van der Waals surface area contributed by atoms with E-state index in [1.807, 2.05) is 0 Å². The first-order chi connectivity index (χ1) is 11.3. The fourth-order valence-corrected chi connectivity index (χ4v) is 5.29. The van der Waals surface area contributed by atoms with Crippen LogP contribution in [-0.2, 0) is 6.54 Å². The summed E-state index contributed by atoms with van der Waals surface area (Å²) < 4.78 is 0. The zero-order valence-electron chi connectivity index (χ0n) is 14.0. The molecule has 1 aromatic carbocycles. The van der Waals surface area contributed by atoms with Gasteiger partial charge in [0, 0.05) is 38.3 Å². The Morgan fingerprint density at radius 2 is 1.87 bits per heavy atom. The van der Waals surface area contributed by atoms with Gasteiger partial charge in [0.15, 0.2) is 0 Å². The van der Waals surface area contributed by atoms with Gasteiger partial charge in [-0.25, -0.2) is 0 Å². The highest BCUT2D eigenvalue weighted by Gasteiger charge is 2.43. The lowest BCUT2D eigenvalue weighted by molar-refractivity contribution is 0.191. The molecule has 4 rings (SSSR count). The molecule has 0 spiro atoms. The zero-order chi connectivity index (χ0) is 15.6. The third-order valence-electron chi connectivity index (χ3n) is 6.50. The Bertz CT molecular complexity index is 506. The summed E-state index contributed by atoms with van der Waals surface area (Å²) in [5, 5.41) is 13.5. The summed E-state index contributed by atoms with van der Waals surface area (Å²) in [5.74, 6) is 2.19. The standard InChI is InChI=1S/C20H30N2O/c23-14-17-7-4-8-19(17)21-20-10-9-16-12-22(13-18(16)20)11-15-5-2-1-3-6-15/h1-3,5-6,16-21,23H,4,7-14H2/t16-,17-,18+,19-,20+/m0/s1. The Hall–Kier alpha value is -0.900. The molecule has 1 heterocycles. The third-order valence-corrected chi connectivity index (χ3v) is 6.50. The summed E-state index contributed by atoms with van der Waals surface area (Å²) in [6.45, 7) is 3.97. The predicted octanol–water partition coefficient (Wildman–Crippen LogP) is 2.65. The van der Waals surface area contributed by atoms with E-state index in [9.17, 15) is 5.11 Å². The van der Waals surface area contributed by atoms with Gasteiger partial charge in [-0.2, -0.15) is 0 Å². The van der Waals surface area contributed by atoms with E-state index in [-0.39, 0.29) is 0 Å². The summed E-state index contributed by atoms with van der Waals surface area (Å²) in [4.78, 5) is 2.65. The van der Waals surface area contributed by atoms with Crippen molar-refractivity contribution < 1.29 is 5.11 Å². The first-order valence-electron chi connectivity index (χ1n) is 9.46. The second kappa shape index (κ2) is 6.92. The molecule has 0 radical (unpaired) electrons. The van der Waals surface area contributed by atoms with Crippen molar-refractivity contribution in [3.63, 3.8) is 0 Å². The van der Waals surface area contributed by atoms with Crippen LogP contribution >= 0.6 is 0 Å². The predicted molar refractivity (Wildman–Crippen MR) is 93.1 cm³/mol. The third kappa shape index (κ3) is 3.33. The number of hydrogen-bond acceptors (Lipinski definition) is 3. The highest BCUT2D eigenvalue weighted by Crippen LogP contribution is 2.40. The number of hydrogen-bond donors (Lipinski definition) is 2. The topological polar surface area (TPSA) is 35.5 Å². The minimum absolute atomic E-state index is 0.360. The van der Waals surface area contributed by atoms with Crippen LogP contribution in [0, 0.1) is 17.8 Å². The molecule has 3 aliphatic rings. The second-order valence-corrected chi connectivity index (χ2v) is 7.93. The maximum absolute atomic E-state index is 9.56. The molecule has 0 unspecified atom stereocenters. The van der Waals surface area contributed by atoms with Crippen LogP contribution in [0.4, 0.5) is 0 Å². The molecular weight excluding hydrogens is 284 g/mol. The summed E-state index contributed by atoms with van der Waals surface area (Å²) in [6.07, 6.45) is 6.46. The Morgan fingerprint density at radius 3 is 2.70 bits per heavy atom. The molecule has 3 fully saturated rings. The van der Waals surface area contributed by atoms with Crippen molar-refractivity contribution >= 4 is 0 Å². The highest BCUT2D eigenvalue weighted by molar-refractivity contribution is 5.15. The van der Waals surface area contributed by atoms with Crippen molar-refractivity contribution in [3.8, 4) is 0 Å². The van der Waals surface area contributed by atoms with E-state index in [0.29, 0.717) is 24.6 Å². The maximum atomic E-state index is 9.56. The van der Waals surface area contributed by atoms with Crippen molar-refractivity contribution in [1.82, 2.24) is 10.2 Å². The van der Waals surface area contributed by atoms with E-state index in [0.717, 1.165) is 18.4 Å². The minimum atomic E-state index is 0.360. The SMILES string of the molecule is OC[C@@H]1CCC[C@@H]1N[C@@H]1CC[C@H]2CN(Cc3ccccc3)C[C@H]21. The normalized spacial score (nSPS) is 37.3. The number of likely N-dealkylation sites (tertiary alicyclic amines) is 1. The van der Waals surface area contributed by atoms with Gasteiger partial charge in [0.1, 0.15) is 0 Å². The highest BCUT2D eigenvalue weighted by atomic mass is 16.3. The van der Waals surface area contributed by atoms with Gasteiger partial charge in [-0.15, -0.1) is 0 Å². The Balaban J connectivity index is 1.34. The molecule has 2 saturated carbocycles. The molecule has 23 heavy (non-hydrogen) atoms. The van der Waals surface area contributed by atoms with Crippen LogP contribution in [0.15, 0.2) is 30.3 Å². The quantitative estimate of drug-likeness (QED) is 0.877. The van der Waals surface area contributed by atoms with Crippen molar-refractivity contribution in [2.45, 2.75) is 50.7 Å². The molecule has 2 N–H and O–H groups in total. The van der Waals surface area contributed by atoms with Crippen LogP contribution < -0.4 is 5.32 Å². The van der Waals surface area contributed by atoms with E-state index in [4.69, 9.17) is 0 Å². The van der Waals surface area contributed by atoms with Crippen LogP contribution in [0.1, 0.15) is 37.7 Å². The van der Waals surface area contributed by atoms with Crippen molar-refractivity contribution in [3.05, 3.63) is 35.9 Å². The van der Waals surface area contributed by atoms with Crippen LogP contribution in [-0.4, -0.2) is 41.8 Å². The number of fused-ring (bicyclic) bond motifs is 1. The summed E-state index contributed by atoms with van der Waals surface area (Å²) in [7, 11) is 0. The van der Waals surface area contributed by atoms with E-state index in [1.54, 1.807) is 0 Å². The number of benzene rings is 1. The number of nitrogens with one attached hydrogen (secondary N) is 1. The molecule has 1 saturated heterocycles. The van der Waals surface area contributed by atoms with Gasteiger partial charge in [-0.05, 0) is 49.0 Å². The lowest BCUT2D eigenvalue weighted by Gasteiger charge is -2.28. The van der Waals surface area contributed by atoms with Gasteiger partial charge in [-0.1, -0.05) is 36.8 Å². The fourth-order valence-electron chi connectivity index (χ4n) is 5.29. The van der Waals surface area contributed by atoms with Gasteiger partial charge < -0.3 is 10.4 Å². The molecule has 126 valence electrons. The first kappa shape index (κ1) is 15.6. The summed E-state index contributed by atoms with van der Waals surface area (Å²) >= 11 is 0. The largest absolute Gasteiger partial charge is 0.396 e. The van der Waals surface area contributed by atoms with E-state index in [2.05, 4.69) is 40.5 Å². The average Bonchev–Trinajstić information content (AvgIpc) is 3.26. The van der Waals surface area contributed by atoms with Crippen LogP contribution in [0.3, 0.4) is 0 Å². The lowest BCUT2D eigenvalue weighted by atomic mass is 9.96. The zero-order valence-corrected chi connectivity index (χ0v) is 14.0. The van der Waals surface area contributed by atoms with Crippen molar-refractivity contribution in [1.29, 1.82) is 0 Å². The number of rotatable bonds is 5. The minimum Gasteiger partial charge on any atom is -0.396 e.